The summed E-state index contributed by atoms with van der Waals surface area (Å²) in [6, 6.07) is 16.5. The lowest BCUT2D eigenvalue weighted by Gasteiger charge is -2.21. The van der Waals surface area contributed by atoms with Gasteiger partial charge in [-0.05, 0) is 41.3 Å². The van der Waals surface area contributed by atoms with Gasteiger partial charge in [0.1, 0.15) is 5.54 Å². The van der Waals surface area contributed by atoms with Gasteiger partial charge in [0.05, 0.1) is 6.34 Å². The average Bonchev–Trinajstić information content (AvgIpc) is 2.55. The third-order valence-corrected chi connectivity index (χ3v) is 3.64. The molecule has 0 aliphatic carbocycles. The summed E-state index contributed by atoms with van der Waals surface area (Å²) in [6.45, 7) is 9.68. The van der Waals surface area contributed by atoms with E-state index in [4.69, 9.17) is 5.73 Å². The van der Waals surface area contributed by atoms with Crippen molar-refractivity contribution in [3.63, 3.8) is 0 Å². The van der Waals surface area contributed by atoms with E-state index in [9.17, 15) is 0 Å². The Morgan fingerprint density at radius 2 is 1.71 bits per heavy atom. The van der Waals surface area contributed by atoms with Crippen molar-refractivity contribution in [3.8, 4) is 11.1 Å². The fourth-order valence-electron chi connectivity index (χ4n) is 2.26. The number of hydrogen-bond acceptors (Lipinski definition) is 1. The minimum Gasteiger partial charge on any atom is -0.390 e. The van der Waals surface area contributed by atoms with E-state index < -0.39 is 5.54 Å². The molecule has 2 N–H and O–H groups in total. The third kappa shape index (κ3) is 3.11. The standard InChI is InChI=1S/C19H20N2/c1-4-15-8-6-9-16(12-15)17-10-7-11-18(13-17)19(3,5-2)21-14-20/h4-14H,1-2H2,3H3,(H2,20,21). The van der Waals surface area contributed by atoms with E-state index in [0.29, 0.717) is 0 Å². The lowest BCUT2D eigenvalue weighted by atomic mass is 9.90. The summed E-state index contributed by atoms with van der Waals surface area (Å²) in [7, 11) is 0. The van der Waals surface area contributed by atoms with E-state index >= 15 is 0 Å². The molecule has 0 heterocycles. The van der Waals surface area contributed by atoms with Crippen molar-refractivity contribution in [2.75, 3.05) is 0 Å². The molecule has 0 saturated carbocycles. The van der Waals surface area contributed by atoms with Crippen LogP contribution < -0.4 is 5.73 Å². The van der Waals surface area contributed by atoms with Crippen LogP contribution in [-0.2, 0) is 5.54 Å². The van der Waals surface area contributed by atoms with Crippen LogP contribution in [0.2, 0.25) is 0 Å². The number of hydrogen-bond donors (Lipinski definition) is 1. The van der Waals surface area contributed by atoms with Crippen LogP contribution in [0.25, 0.3) is 17.2 Å². The molecule has 0 spiro atoms. The topological polar surface area (TPSA) is 38.4 Å². The van der Waals surface area contributed by atoms with Crippen molar-refractivity contribution < 1.29 is 0 Å². The normalized spacial score (nSPS) is 13.8. The molecule has 0 aliphatic heterocycles. The maximum atomic E-state index is 5.46. The molecule has 0 bridgehead atoms. The Kier molecular flexibility index (Phi) is 4.39. The first-order valence-corrected chi connectivity index (χ1v) is 6.85. The number of nitrogens with two attached hydrogens (primary N) is 1. The van der Waals surface area contributed by atoms with Gasteiger partial charge in [0.2, 0.25) is 0 Å². The molecule has 0 saturated heterocycles. The Bertz CT molecular complexity index is 685. The molecule has 2 rings (SSSR count). The van der Waals surface area contributed by atoms with Crippen LogP contribution in [0.15, 0.2) is 72.8 Å². The zero-order valence-electron chi connectivity index (χ0n) is 12.3. The van der Waals surface area contributed by atoms with Crippen molar-refractivity contribution in [2.24, 2.45) is 10.7 Å². The molecular weight excluding hydrogens is 256 g/mol. The molecule has 1 unspecified atom stereocenters. The lowest BCUT2D eigenvalue weighted by molar-refractivity contribution is 0.638. The summed E-state index contributed by atoms with van der Waals surface area (Å²) >= 11 is 0. The van der Waals surface area contributed by atoms with Gasteiger partial charge in [0.25, 0.3) is 0 Å². The SMILES string of the molecule is C=Cc1cccc(-c2cccc(C(C)(C=C)N=CN)c2)c1. The Hall–Kier alpha value is -2.61. The molecule has 2 nitrogen and oxygen atoms in total. The molecular formula is C19H20N2. The van der Waals surface area contributed by atoms with Crippen LogP contribution in [0.5, 0.6) is 0 Å². The first-order valence-electron chi connectivity index (χ1n) is 6.85. The van der Waals surface area contributed by atoms with Crippen molar-refractivity contribution in [1.29, 1.82) is 0 Å². The number of benzene rings is 2. The highest BCUT2D eigenvalue weighted by atomic mass is 14.9. The summed E-state index contributed by atoms with van der Waals surface area (Å²) in [5.41, 5.74) is 9.39. The second kappa shape index (κ2) is 6.23. The fraction of sp³-hybridized carbons (Fsp3) is 0.105. The molecule has 0 amide bonds. The first kappa shape index (κ1) is 14.8. The van der Waals surface area contributed by atoms with E-state index in [1.54, 1.807) is 6.08 Å². The van der Waals surface area contributed by atoms with Crippen LogP contribution in [0.4, 0.5) is 0 Å². The number of rotatable bonds is 5. The average molecular weight is 276 g/mol. The molecule has 0 radical (unpaired) electrons. The second-order valence-corrected chi connectivity index (χ2v) is 5.04. The minimum absolute atomic E-state index is 0.513. The smallest absolute Gasteiger partial charge is 0.102 e. The predicted octanol–water partition coefficient (Wildman–Crippen LogP) is 4.38. The summed E-state index contributed by atoms with van der Waals surface area (Å²) < 4.78 is 0. The van der Waals surface area contributed by atoms with Gasteiger partial charge < -0.3 is 5.73 Å². The summed E-state index contributed by atoms with van der Waals surface area (Å²) in [6.07, 6.45) is 4.97. The van der Waals surface area contributed by atoms with Crippen molar-refractivity contribution in [3.05, 3.63) is 78.9 Å². The predicted molar refractivity (Wildman–Crippen MR) is 92.2 cm³/mol. The zero-order chi connectivity index (χ0) is 15.3. The van der Waals surface area contributed by atoms with Crippen LogP contribution in [0, 0.1) is 0 Å². The van der Waals surface area contributed by atoms with E-state index in [0.717, 1.165) is 22.3 Å². The fourth-order valence-corrected chi connectivity index (χ4v) is 2.26. The summed E-state index contributed by atoms with van der Waals surface area (Å²) in [4.78, 5) is 4.33. The molecule has 0 fully saturated rings. The minimum atomic E-state index is -0.513. The van der Waals surface area contributed by atoms with E-state index in [1.165, 1.54) is 6.34 Å². The number of aliphatic imine (C=N–C) groups is 1. The van der Waals surface area contributed by atoms with E-state index in [-0.39, 0.29) is 0 Å². The third-order valence-electron chi connectivity index (χ3n) is 3.64. The Morgan fingerprint density at radius 3 is 2.33 bits per heavy atom. The number of nitrogens with zero attached hydrogens (tertiary/aromatic N) is 1. The molecule has 1 atom stereocenters. The highest BCUT2D eigenvalue weighted by Gasteiger charge is 2.21. The molecule has 2 heteroatoms. The first-order chi connectivity index (χ1) is 10.1. The molecule has 2 aromatic rings. The zero-order valence-corrected chi connectivity index (χ0v) is 12.3. The van der Waals surface area contributed by atoms with Crippen LogP contribution >= 0.6 is 0 Å². The van der Waals surface area contributed by atoms with Gasteiger partial charge in [-0.25, -0.2) is 0 Å². The molecule has 0 aromatic heterocycles. The maximum absolute atomic E-state index is 5.46. The van der Waals surface area contributed by atoms with Gasteiger partial charge in [0.15, 0.2) is 0 Å². The maximum Gasteiger partial charge on any atom is 0.102 e. The molecule has 21 heavy (non-hydrogen) atoms. The lowest BCUT2D eigenvalue weighted by Crippen LogP contribution is -2.17. The van der Waals surface area contributed by atoms with Gasteiger partial charge in [-0.3, -0.25) is 4.99 Å². The van der Waals surface area contributed by atoms with Crippen LogP contribution in [0.3, 0.4) is 0 Å². The van der Waals surface area contributed by atoms with Gasteiger partial charge in [-0.15, -0.1) is 6.58 Å². The van der Waals surface area contributed by atoms with Crippen molar-refractivity contribution in [1.82, 2.24) is 0 Å². The van der Waals surface area contributed by atoms with Crippen molar-refractivity contribution in [2.45, 2.75) is 12.5 Å². The Balaban J connectivity index is 2.50. The van der Waals surface area contributed by atoms with E-state index in [2.05, 4.69) is 42.4 Å². The van der Waals surface area contributed by atoms with Crippen molar-refractivity contribution >= 4 is 12.4 Å². The van der Waals surface area contributed by atoms with E-state index in [1.807, 2.05) is 37.3 Å². The monoisotopic (exact) mass is 276 g/mol. The van der Waals surface area contributed by atoms with Crippen LogP contribution in [0.1, 0.15) is 18.1 Å². The molecule has 106 valence electrons. The van der Waals surface area contributed by atoms with Gasteiger partial charge in [-0.2, -0.15) is 0 Å². The summed E-state index contributed by atoms with van der Waals surface area (Å²) in [5, 5.41) is 0. The molecule has 0 aliphatic rings. The Morgan fingerprint density at radius 1 is 1.05 bits per heavy atom. The quantitative estimate of drug-likeness (QED) is 0.491. The summed E-state index contributed by atoms with van der Waals surface area (Å²) in [5.74, 6) is 0. The Labute approximate surface area is 126 Å². The van der Waals surface area contributed by atoms with Gasteiger partial charge in [0, 0.05) is 0 Å². The largest absolute Gasteiger partial charge is 0.390 e. The van der Waals surface area contributed by atoms with Gasteiger partial charge in [-0.1, -0.05) is 55.1 Å². The molecule has 2 aromatic carbocycles. The highest BCUT2D eigenvalue weighted by molar-refractivity contribution is 5.68. The highest BCUT2D eigenvalue weighted by Crippen LogP contribution is 2.30. The van der Waals surface area contributed by atoms with Crippen LogP contribution in [-0.4, -0.2) is 6.34 Å². The second-order valence-electron chi connectivity index (χ2n) is 5.04. The van der Waals surface area contributed by atoms with Gasteiger partial charge >= 0.3 is 0 Å².